The maximum absolute atomic E-state index is 12.0. The van der Waals surface area contributed by atoms with Crippen LogP contribution >= 0.6 is 23.5 Å². The van der Waals surface area contributed by atoms with Crippen LogP contribution in [0.25, 0.3) is 6.08 Å². The Morgan fingerprint density at radius 2 is 2.40 bits per heavy atom. The summed E-state index contributed by atoms with van der Waals surface area (Å²) in [6.07, 6.45) is 1.76. The van der Waals surface area contributed by atoms with Gasteiger partial charge in [0.15, 0.2) is 0 Å². The van der Waals surface area contributed by atoms with Crippen molar-refractivity contribution in [2.75, 3.05) is 5.75 Å². The van der Waals surface area contributed by atoms with E-state index in [9.17, 15) is 9.59 Å². The van der Waals surface area contributed by atoms with Crippen molar-refractivity contribution in [3.8, 4) is 0 Å². The minimum Gasteiger partial charge on any atom is -0.477 e. The summed E-state index contributed by atoms with van der Waals surface area (Å²) in [4.78, 5) is 24.3. The molecular formula is C12H9N3O3S2. The molecular weight excluding hydrogens is 298 g/mol. The molecule has 20 heavy (non-hydrogen) atoms. The Morgan fingerprint density at radius 1 is 1.55 bits per heavy atom. The molecule has 0 spiro atoms. The maximum atomic E-state index is 12.0. The van der Waals surface area contributed by atoms with E-state index in [0.29, 0.717) is 5.57 Å². The number of carboxylic acids is 1. The number of aryl methyl sites for hydroxylation is 1. The molecule has 0 aliphatic carbocycles. The summed E-state index contributed by atoms with van der Waals surface area (Å²) < 4.78 is 1.93. The van der Waals surface area contributed by atoms with Gasteiger partial charge in [0.05, 0.1) is 22.8 Å². The zero-order chi connectivity index (χ0) is 13.9. The molecule has 1 aromatic heterocycles. The normalized spacial score (nSPS) is 25.5. The van der Waals surface area contributed by atoms with Gasteiger partial charge in [0.25, 0.3) is 5.91 Å². The zero-order valence-corrected chi connectivity index (χ0v) is 11.8. The summed E-state index contributed by atoms with van der Waals surface area (Å²) >= 11 is 3.09. The number of aliphatic carboxylic acids is 1. The predicted molar refractivity (Wildman–Crippen MR) is 74.9 cm³/mol. The number of hydrogen-bond donors (Lipinski definition) is 1. The van der Waals surface area contributed by atoms with Crippen molar-refractivity contribution in [2.24, 2.45) is 0 Å². The lowest BCUT2D eigenvalue weighted by molar-refractivity contribution is -0.141. The first-order valence-corrected chi connectivity index (χ1v) is 7.93. The highest BCUT2D eigenvalue weighted by molar-refractivity contribution is 8.03. The van der Waals surface area contributed by atoms with Gasteiger partial charge >= 0.3 is 5.97 Å². The lowest BCUT2D eigenvalue weighted by Crippen LogP contribution is -2.51. The van der Waals surface area contributed by atoms with Crippen LogP contribution < -0.4 is 0 Å². The molecule has 0 bridgehead atoms. The van der Waals surface area contributed by atoms with Crippen LogP contribution in [0.2, 0.25) is 0 Å². The fourth-order valence-electron chi connectivity index (χ4n) is 2.43. The third-order valence-corrected chi connectivity index (χ3v) is 5.46. The van der Waals surface area contributed by atoms with E-state index in [1.165, 1.54) is 22.1 Å². The van der Waals surface area contributed by atoms with E-state index >= 15 is 0 Å². The first-order valence-electron chi connectivity index (χ1n) is 6.00. The van der Waals surface area contributed by atoms with Crippen LogP contribution in [0.15, 0.2) is 27.8 Å². The first kappa shape index (κ1) is 12.1. The lowest BCUT2D eigenvalue weighted by atomic mass is 10.0. The maximum Gasteiger partial charge on any atom is 0.353 e. The molecule has 0 radical (unpaired) electrons. The van der Waals surface area contributed by atoms with E-state index < -0.39 is 5.97 Å². The molecule has 1 aromatic rings. The minimum absolute atomic E-state index is 0.0602. The number of carbonyl (C=O) groups excluding carboxylic acids is 1. The number of carboxylic acid groups (broad SMARTS) is 1. The van der Waals surface area contributed by atoms with Crippen molar-refractivity contribution in [2.45, 2.75) is 16.9 Å². The van der Waals surface area contributed by atoms with Gasteiger partial charge in [-0.15, -0.1) is 23.5 Å². The third kappa shape index (κ3) is 1.58. The molecule has 1 amide bonds. The Hall–Kier alpha value is -1.67. The van der Waals surface area contributed by atoms with Crippen LogP contribution in [0.1, 0.15) is 5.69 Å². The van der Waals surface area contributed by atoms with Gasteiger partial charge < -0.3 is 5.11 Å². The molecule has 1 atom stereocenters. The highest BCUT2D eigenvalue weighted by Gasteiger charge is 2.49. The van der Waals surface area contributed by atoms with Gasteiger partial charge in [-0.25, -0.2) is 4.79 Å². The van der Waals surface area contributed by atoms with Crippen molar-refractivity contribution < 1.29 is 14.7 Å². The smallest absolute Gasteiger partial charge is 0.353 e. The van der Waals surface area contributed by atoms with Crippen LogP contribution in [0, 0.1) is 0 Å². The van der Waals surface area contributed by atoms with Gasteiger partial charge in [-0.3, -0.25) is 14.4 Å². The highest BCUT2D eigenvalue weighted by atomic mass is 32.2. The average molecular weight is 307 g/mol. The van der Waals surface area contributed by atoms with Crippen molar-refractivity contribution >= 4 is 41.5 Å². The molecule has 6 nitrogen and oxygen atoms in total. The van der Waals surface area contributed by atoms with Crippen molar-refractivity contribution in [3.63, 3.8) is 0 Å². The van der Waals surface area contributed by atoms with Crippen LogP contribution in [-0.4, -0.2) is 42.8 Å². The molecule has 4 rings (SSSR count). The van der Waals surface area contributed by atoms with E-state index in [2.05, 4.69) is 5.10 Å². The third-order valence-electron chi connectivity index (χ3n) is 3.37. The minimum atomic E-state index is -1.07. The summed E-state index contributed by atoms with van der Waals surface area (Å²) in [6.45, 7) is 0.895. The number of hydrogen-bond acceptors (Lipinski definition) is 5. The molecule has 3 aliphatic rings. The van der Waals surface area contributed by atoms with Gasteiger partial charge in [-0.2, -0.15) is 5.10 Å². The van der Waals surface area contributed by atoms with Crippen LogP contribution in [-0.2, 0) is 16.1 Å². The number of aromatic nitrogens is 2. The molecule has 1 N–H and O–H groups in total. The van der Waals surface area contributed by atoms with E-state index in [4.69, 9.17) is 5.11 Å². The van der Waals surface area contributed by atoms with E-state index in [1.807, 2.05) is 10.7 Å². The standard InChI is InChI=1S/C12H9N3O3S2/c16-10-7(11-15(10)8(5-20-11)12(17)18)3-6-4-9-14(13-6)1-2-19-9/h3-5,11H,1-2H2,(H,17,18)/b7-3-/t11-/m1/s1. The van der Waals surface area contributed by atoms with Gasteiger partial charge in [0.1, 0.15) is 11.1 Å². The monoisotopic (exact) mass is 307 g/mol. The largest absolute Gasteiger partial charge is 0.477 e. The summed E-state index contributed by atoms with van der Waals surface area (Å²) in [5.74, 6) is -0.268. The summed E-state index contributed by atoms with van der Waals surface area (Å²) in [7, 11) is 0. The van der Waals surface area contributed by atoms with Crippen LogP contribution in [0.4, 0.5) is 0 Å². The summed E-state index contributed by atoms with van der Waals surface area (Å²) in [6, 6.07) is 1.96. The quantitative estimate of drug-likeness (QED) is 0.654. The molecule has 0 aromatic carbocycles. The second-order valence-electron chi connectivity index (χ2n) is 4.55. The van der Waals surface area contributed by atoms with Crippen LogP contribution in [0.3, 0.4) is 0 Å². The van der Waals surface area contributed by atoms with Gasteiger partial charge in [0, 0.05) is 11.2 Å². The van der Waals surface area contributed by atoms with Gasteiger partial charge in [0.2, 0.25) is 0 Å². The molecule has 3 aliphatic heterocycles. The van der Waals surface area contributed by atoms with Gasteiger partial charge in [-0.1, -0.05) is 0 Å². The Bertz CT molecular complexity index is 685. The number of thioether (sulfide) groups is 2. The lowest BCUT2D eigenvalue weighted by Gasteiger charge is -2.36. The fourth-order valence-corrected chi connectivity index (χ4v) is 4.50. The summed E-state index contributed by atoms with van der Waals surface area (Å²) in [5, 5.41) is 15.8. The number of amides is 1. The van der Waals surface area contributed by atoms with E-state index in [1.54, 1.807) is 17.8 Å². The molecule has 1 saturated heterocycles. The number of rotatable bonds is 2. The number of nitrogens with zero attached hydrogens (tertiary/aromatic N) is 3. The number of fused-ring (bicyclic) bond motifs is 2. The predicted octanol–water partition coefficient (Wildman–Crippen LogP) is 1.21. The Morgan fingerprint density at radius 3 is 3.15 bits per heavy atom. The number of carbonyl (C=O) groups is 2. The number of β-lactam (4-membered cyclic amide) rings is 1. The zero-order valence-electron chi connectivity index (χ0n) is 10.1. The summed E-state index contributed by atoms with van der Waals surface area (Å²) in [5.41, 5.74) is 1.44. The van der Waals surface area contributed by atoms with Crippen molar-refractivity contribution in [1.29, 1.82) is 0 Å². The van der Waals surface area contributed by atoms with E-state index in [-0.39, 0.29) is 17.0 Å². The second kappa shape index (κ2) is 4.16. The second-order valence-corrected chi connectivity index (χ2v) is 6.62. The first-order chi connectivity index (χ1) is 9.65. The molecule has 0 unspecified atom stereocenters. The Labute approximate surface area is 122 Å². The van der Waals surface area contributed by atoms with Crippen LogP contribution in [0.5, 0.6) is 0 Å². The SMILES string of the molecule is O=C(O)C1=CS[C@@H]2/C(=C\c3cc4n(n3)CCS4)C(=O)N12. The molecule has 0 saturated carbocycles. The Kier molecular flexibility index (Phi) is 2.52. The molecule has 1 fully saturated rings. The molecule has 4 heterocycles. The molecule has 102 valence electrons. The van der Waals surface area contributed by atoms with Crippen molar-refractivity contribution in [1.82, 2.24) is 14.7 Å². The Balaban J connectivity index is 1.61. The average Bonchev–Trinajstić information content (AvgIpc) is 3.07. The topological polar surface area (TPSA) is 75.4 Å². The highest BCUT2D eigenvalue weighted by Crippen LogP contribution is 2.45. The van der Waals surface area contributed by atoms with E-state index in [0.717, 1.165) is 23.0 Å². The van der Waals surface area contributed by atoms with Gasteiger partial charge in [-0.05, 0) is 12.1 Å². The van der Waals surface area contributed by atoms with Crippen molar-refractivity contribution in [3.05, 3.63) is 28.4 Å². The fraction of sp³-hybridized carbons (Fsp3) is 0.250. The molecule has 8 heteroatoms.